The van der Waals surface area contributed by atoms with Gasteiger partial charge in [-0.15, -0.1) is 0 Å². The minimum Gasteiger partial charge on any atom is -0.355 e. The molecule has 0 spiro atoms. The van der Waals surface area contributed by atoms with Crippen LogP contribution in [0.1, 0.15) is 20.3 Å². The Hall–Kier alpha value is -1.56. The van der Waals surface area contributed by atoms with E-state index in [1.165, 1.54) is 4.31 Å². The molecule has 0 aliphatic carbocycles. The van der Waals surface area contributed by atoms with Gasteiger partial charge < -0.3 is 5.32 Å². The van der Waals surface area contributed by atoms with Gasteiger partial charge in [-0.3, -0.25) is 9.10 Å². The van der Waals surface area contributed by atoms with Gasteiger partial charge in [0, 0.05) is 6.54 Å². The molecular weight excluding hydrogens is 264 g/mol. The van der Waals surface area contributed by atoms with Crippen molar-refractivity contribution in [2.75, 3.05) is 17.1 Å². The third kappa shape index (κ3) is 3.96. The lowest BCUT2D eigenvalue weighted by atomic mass is 10.2. The molecule has 6 heteroatoms. The number of amides is 1. The second-order valence-corrected chi connectivity index (χ2v) is 6.07. The van der Waals surface area contributed by atoms with E-state index in [-0.39, 0.29) is 5.91 Å². The Labute approximate surface area is 114 Å². The Balaban J connectivity index is 3.21. The quantitative estimate of drug-likeness (QED) is 0.858. The van der Waals surface area contributed by atoms with Crippen LogP contribution in [0.25, 0.3) is 0 Å². The molecule has 0 aromatic heterocycles. The maximum atomic E-state index is 12.0. The van der Waals surface area contributed by atoms with E-state index in [1.54, 1.807) is 44.2 Å². The summed E-state index contributed by atoms with van der Waals surface area (Å²) >= 11 is 0. The van der Waals surface area contributed by atoms with E-state index in [0.717, 1.165) is 6.26 Å². The summed E-state index contributed by atoms with van der Waals surface area (Å²) in [6.45, 7) is 4.07. The molecule has 0 saturated carbocycles. The normalized spacial score (nSPS) is 12.8. The smallest absolute Gasteiger partial charge is 0.243 e. The molecule has 1 rings (SSSR count). The Morgan fingerprint density at radius 2 is 1.84 bits per heavy atom. The van der Waals surface area contributed by atoms with Gasteiger partial charge in [0.25, 0.3) is 0 Å². The zero-order valence-electron chi connectivity index (χ0n) is 11.5. The molecule has 1 atom stereocenters. The predicted molar refractivity (Wildman–Crippen MR) is 76.5 cm³/mol. The summed E-state index contributed by atoms with van der Waals surface area (Å²) in [7, 11) is -3.52. The zero-order valence-corrected chi connectivity index (χ0v) is 12.3. The standard InChI is InChI=1S/C13H20N2O3S/c1-4-12(13(16)14-5-2)15(19(3,17)18)11-9-7-6-8-10-11/h6-10,12H,4-5H2,1-3H3,(H,14,16)/t12-/m1/s1. The molecule has 106 valence electrons. The second kappa shape index (κ2) is 6.56. The monoisotopic (exact) mass is 284 g/mol. The molecule has 1 amide bonds. The number of rotatable bonds is 6. The third-order valence-corrected chi connectivity index (χ3v) is 3.87. The van der Waals surface area contributed by atoms with Gasteiger partial charge in [-0.1, -0.05) is 25.1 Å². The third-order valence-electron chi connectivity index (χ3n) is 2.69. The lowest BCUT2D eigenvalue weighted by Gasteiger charge is -2.29. The number of hydrogen-bond acceptors (Lipinski definition) is 3. The van der Waals surface area contributed by atoms with Crippen molar-refractivity contribution in [2.45, 2.75) is 26.3 Å². The number of anilines is 1. The molecular formula is C13H20N2O3S. The minimum absolute atomic E-state index is 0.278. The fourth-order valence-electron chi connectivity index (χ4n) is 1.93. The van der Waals surface area contributed by atoms with Crippen LogP contribution in [0.15, 0.2) is 30.3 Å². The van der Waals surface area contributed by atoms with Crippen molar-refractivity contribution in [1.29, 1.82) is 0 Å². The number of para-hydroxylation sites is 1. The first-order valence-electron chi connectivity index (χ1n) is 6.24. The van der Waals surface area contributed by atoms with Crippen LogP contribution in [-0.2, 0) is 14.8 Å². The Kier molecular flexibility index (Phi) is 5.35. The number of likely N-dealkylation sites (N-methyl/N-ethyl adjacent to an activating group) is 1. The summed E-state index contributed by atoms with van der Waals surface area (Å²) < 4.78 is 25.2. The number of benzene rings is 1. The van der Waals surface area contributed by atoms with Crippen LogP contribution in [0.3, 0.4) is 0 Å². The maximum Gasteiger partial charge on any atom is 0.243 e. The molecule has 19 heavy (non-hydrogen) atoms. The topological polar surface area (TPSA) is 66.5 Å². The van der Waals surface area contributed by atoms with Gasteiger partial charge in [0.15, 0.2) is 0 Å². The van der Waals surface area contributed by atoms with Gasteiger partial charge >= 0.3 is 0 Å². The molecule has 0 aliphatic rings. The number of carbonyl (C=O) groups is 1. The minimum atomic E-state index is -3.52. The van der Waals surface area contributed by atoms with E-state index in [4.69, 9.17) is 0 Å². The SMILES string of the molecule is CCNC(=O)[C@@H](CC)N(c1ccccc1)S(C)(=O)=O. The Bertz CT molecular complexity index is 514. The molecule has 1 aromatic carbocycles. The van der Waals surface area contributed by atoms with E-state index in [2.05, 4.69) is 5.32 Å². The predicted octanol–water partition coefficient (Wildman–Crippen LogP) is 1.37. The van der Waals surface area contributed by atoms with Crippen LogP contribution >= 0.6 is 0 Å². The zero-order chi connectivity index (χ0) is 14.5. The number of nitrogens with one attached hydrogen (secondary N) is 1. The number of hydrogen-bond donors (Lipinski definition) is 1. The first kappa shape index (κ1) is 15.5. The van der Waals surface area contributed by atoms with Crippen molar-refractivity contribution in [3.8, 4) is 0 Å². The lowest BCUT2D eigenvalue weighted by Crippen LogP contribution is -2.49. The fraction of sp³-hybridized carbons (Fsp3) is 0.462. The van der Waals surface area contributed by atoms with Gasteiger partial charge in [0.2, 0.25) is 15.9 Å². The van der Waals surface area contributed by atoms with Crippen molar-refractivity contribution in [2.24, 2.45) is 0 Å². The van der Waals surface area contributed by atoms with Crippen LogP contribution < -0.4 is 9.62 Å². The lowest BCUT2D eigenvalue weighted by molar-refractivity contribution is -0.122. The molecule has 1 N–H and O–H groups in total. The molecule has 0 heterocycles. The van der Waals surface area contributed by atoms with Gasteiger partial charge in [-0.2, -0.15) is 0 Å². The van der Waals surface area contributed by atoms with Crippen LogP contribution in [0.5, 0.6) is 0 Å². The molecule has 0 radical (unpaired) electrons. The van der Waals surface area contributed by atoms with Crippen LogP contribution in [0.2, 0.25) is 0 Å². The summed E-state index contributed by atoms with van der Waals surface area (Å²) in [5.74, 6) is -0.278. The van der Waals surface area contributed by atoms with Crippen molar-refractivity contribution in [1.82, 2.24) is 5.32 Å². The maximum absolute atomic E-state index is 12.0. The van der Waals surface area contributed by atoms with E-state index in [1.807, 2.05) is 0 Å². The number of sulfonamides is 1. The molecule has 0 fully saturated rings. The Morgan fingerprint density at radius 1 is 1.26 bits per heavy atom. The molecule has 0 aliphatic heterocycles. The molecule has 0 bridgehead atoms. The first-order valence-corrected chi connectivity index (χ1v) is 8.08. The molecule has 0 unspecified atom stereocenters. The van der Waals surface area contributed by atoms with E-state index < -0.39 is 16.1 Å². The summed E-state index contributed by atoms with van der Waals surface area (Å²) in [6, 6.07) is 7.94. The van der Waals surface area contributed by atoms with E-state index in [9.17, 15) is 13.2 Å². The Morgan fingerprint density at radius 3 is 2.26 bits per heavy atom. The highest BCUT2D eigenvalue weighted by Gasteiger charge is 2.30. The van der Waals surface area contributed by atoms with Crippen molar-refractivity contribution in [3.63, 3.8) is 0 Å². The molecule has 1 aromatic rings. The number of nitrogens with zero attached hydrogens (tertiary/aromatic N) is 1. The van der Waals surface area contributed by atoms with Gasteiger partial charge in [-0.25, -0.2) is 8.42 Å². The van der Waals surface area contributed by atoms with Crippen molar-refractivity contribution in [3.05, 3.63) is 30.3 Å². The van der Waals surface area contributed by atoms with Crippen LogP contribution in [-0.4, -0.2) is 33.2 Å². The first-order chi connectivity index (χ1) is 8.91. The summed E-state index contributed by atoms with van der Waals surface area (Å²) in [4.78, 5) is 12.0. The van der Waals surface area contributed by atoms with Crippen LogP contribution in [0.4, 0.5) is 5.69 Å². The van der Waals surface area contributed by atoms with Gasteiger partial charge in [0.1, 0.15) is 6.04 Å². The average Bonchev–Trinajstić information content (AvgIpc) is 2.35. The fourth-order valence-corrected chi connectivity index (χ4v) is 3.14. The van der Waals surface area contributed by atoms with Gasteiger partial charge in [0.05, 0.1) is 11.9 Å². The van der Waals surface area contributed by atoms with Gasteiger partial charge in [-0.05, 0) is 25.5 Å². The molecule has 5 nitrogen and oxygen atoms in total. The van der Waals surface area contributed by atoms with Crippen molar-refractivity contribution >= 4 is 21.6 Å². The summed E-state index contributed by atoms with van der Waals surface area (Å²) in [5.41, 5.74) is 0.503. The average molecular weight is 284 g/mol. The highest BCUT2D eigenvalue weighted by atomic mass is 32.2. The van der Waals surface area contributed by atoms with E-state index >= 15 is 0 Å². The van der Waals surface area contributed by atoms with Crippen LogP contribution in [0, 0.1) is 0 Å². The number of carbonyl (C=O) groups excluding carboxylic acids is 1. The largest absolute Gasteiger partial charge is 0.355 e. The molecule has 0 saturated heterocycles. The summed E-state index contributed by atoms with van der Waals surface area (Å²) in [6.07, 6.45) is 1.52. The van der Waals surface area contributed by atoms with E-state index in [0.29, 0.717) is 18.7 Å². The highest BCUT2D eigenvalue weighted by molar-refractivity contribution is 7.92. The van der Waals surface area contributed by atoms with Crippen molar-refractivity contribution < 1.29 is 13.2 Å². The summed E-state index contributed by atoms with van der Waals surface area (Å²) in [5, 5.41) is 2.67. The second-order valence-electron chi connectivity index (χ2n) is 4.21. The highest BCUT2D eigenvalue weighted by Crippen LogP contribution is 2.21.